The van der Waals surface area contributed by atoms with Crippen LogP contribution in [0, 0.1) is 12.2 Å². The molecule has 5 heteroatoms. The molecule has 0 amide bonds. The number of benzene rings is 2. The maximum atomic E-state index is 3.64. The fraction of sp³-hybridized carbons (Fsp3) is 0.444. The molecule has 0 saturated carbocycles. The average molecular weight is 789 g/mol. The molecule has 0 saturated heterocycles. The number of rotatable bonds is 14. The summed E-state index contributed by atoms with van der Waals surface area (Å²) in [7, 11) is 0. The molecule has 6 rings (SSSR count). The van der Waals surface area contributed by atoms with Crippen molar-refractivity contribution in [2.45, 2.75) is 131 Å². The van der Waals surface area contributed by atoms with E-state index in [1.54, 1.807) is 24.2 Å². The SMILES string of the molecule is CCCCC1=[C-]C2=CC(CCCC)N(c3ccccc3)C2=C1.CCCCC1=[C-]C2=CC(CCCC)N(c3ccccc3)C2=C1.C[C](C)=[Zr+2].[Cl-].[Cl-]. The van der Waals surface area contributed by atoms with Crippen LogP contribution in [0.15, 0.2) is 119 Å². The first-order valence-electron chi connectivity index (χ1n) is 18.7. The second-order valence-electron chi connectivity index (χ2n) is 13.6. The molecule has 0 fully saturated rings. The van der Waals surface area contributed by atoms with E-state index in [1.807, 2.05) is 0 Å². The second-order valence-corrected chi connectivity index (χ2v) is 16.0. The van der Waals surface area contributed by atoms with Crippen molar-refractivity contribution >= 4 is 14.6 Å². The Bertz CT molecular complexity index is 1400. The molecular weight excluding hydrogens is 731 g/mol. The first kappa shape index (κ1) is 44.0. The van der Waals surface area contributed by atoms with E-state index in [9.17, 15) is 0 Å². The minimum atomic E-state index is 0. The van der Waals surface area contributed by atoms with Crippen molar-refractivity contribution < 1.29 is 49.0 Å². The Morgan fingerprint density at radius 3 is 1.24 bits per heavy atom. The van der Waals surface area contributed by atoms with Crippen molar-refractivity contribution in [1.82, 2.24) is 0 Å². The molecule has 0 aromatic heterocycles. The smallest absolute Gasteiger partial charge is 1.00 e. The van der Waals surface area contributed by atoms with Gasteiger partial charge in [0.25, 0.3) is 0 Å². The van der Waals surface area contributed by atoms with Crippen LogP contribution in [-0.2, 0) is 24.2 Å². The summed E-state index contributed by atoms with van der Waals surface area (Å²) in [6.45, 7) is 13.3. The maximum Gasteiger partial charge on any atom is -1.00 e. The zero-order valence-electron chi connectivity index (χ0n) is 31.4. The standard InChI is InChI=1S/2C21H26N.C3H6.2ClH.Zr/c2*1-3-5-10-17-14-18-16-20(11-6-4-2)22(21(18)15-17)19-12-8-7-9-13-19;1-3-2;;;/h2*7-9,12-13,15-16,20H,3-6,10-11H2,1-2H3;1-2H3;2*1H;/q2*-1;;;;+2/p-2. The molecule has 2 atom stereocenters. The average Bonchev–Trinajstić information content (AvgIpc) is 3.84. The van der Waals surface area contributed by atoms with Crippen molar-refractivity contribution in [3.63, 3.8) is 0 Å². The van der Waals surface area contributed by atoms with Crippen LogP contribution in [0.1, 0.15) is 119 Å². The molecule has 0 bridgehead atoms. The predicted molar refractivity (Wildman–Crippen MR) is 206 cm³/mol. The van der Waals surface area contributed by atoms with Gasteiger partial charge in [0.2, 0.25) is 0 Å². The molecule has 0 radical (unpaired) electrons. The Morgan fingerprint density at radius 1 is 0.580 bits per heavy atom. The van der Waals surface area contributed by atoms with E-state index >= 15 is 0 Å². The zero-order valence-corrected chi connectivity index (χ0v) is 35.3. The number of hydrogen-bond acceptors (Lipinski definition) is 2. The zero-order chi connectivity index (χ0) is 34.3. The van der Waals surface area contributed by atoms with Crippen LogP contribution >= 0.6 is 0 Å². The van der Waals surface area contributed by atoms with Gasteiger partial charge in [-0.15, -0.1) is 58.7 Å². The van der Waals surface area contributed by atoms with Gasteiger partial charge in [0.1, 0.15) is 0 Å². The van der Waals surface area contributed by atoms with Crippen LogP contribution < -0.4 is 34.6 Å². The van der Waals surface area contributed by atoms with Gasteiger partial charge in [-0.1, -0.05) is 127 Å². The summed E-state index contributed by atoms with van der Waals surface area (Å²) in [4.78, 5) is 5.02. The summed E-state index contributed by atoms with van der Waals surface area (Å²) in [5.74, 6) is 0. The molecular formula is C45H58Cl2N2Zr-2. The number of fused-ring (bicyclic) bond motifs is 2. The molecule has 2 aliphatic carbocycles. The Balaban J connectivity index is 0.000000303. The number of para-hydroxylation sites is 2. The third-order valence-corrected chi connectivity index (χ3v) is 9.04. The first-order valence-corrected chi connectivity index (χ1v) is 20.0. The van der Waals surface area contributed by atoms with E-state index in [-0.39, 0.29) is 24.8 Å². The van der Waals surface area contributed by atoms with Gasteiger partial charge in [-0.25, -0.2) is 0 Å². The number of allylic oxidation sites excluding steroid dienone is 6. The quantitative estimate of drug-likeness (QED) is 0.206. The molecule has 50 heavy (non-hydrogen) atoms. The van der Waals surface area contributed by atoms with Crippen molar-refractivity contribution in [3.05, 3.63) is 131 Å². The monoisotopic (exact) mass is 786 g/mol. The Hall–Kier alpha value is -2.19. The molecule has 2 unspecified atom stereocenters. The van der Waals surface area contributed by atoms with Crippen LogP contribution in [0.3, 0.4) is 0 Å². The molecule has 2 heterocycles. The predicted octanol–water partition coefficient (Wildman–Crippen LogP) is 6.37. The van der Waals surface area contributed by atoms with Crippen molar-refractivity contribution in [2.75, 3.05) is 9.80 Å². The molecule has 4 aliphatic rings. The molecule has 0 spiro atoms. The number of anilines is 2. The Labute approximate surface area is 332 Å². The fourth-order valence-corrected chi connectivity index (χ4v) is 6.67. The van der Waals surface area contributed by atoms with Gasteiger partial charge in [0.15, 0.2) is 0 Å². The third-order valence-electron chi connectivity index (χ3n) is 9.04. The summed E-state index contributed by atoms with van der Waals surface area (Å²) in [6.07, 6.45) is 31.6. The molecule has 268 valence electrons. The molecule has 0 N–H and O–H groups in total. The van der Waals surface area contributed by atoms with Gasteiger partial charge >= 0.3 is 41.3 Å². The largest absolute Gasteiger partial charge is 1.00 e. The van der Waals surface area contributed by atoms with E-state index in [1.165, 1.54) is 112 Å². The minimum absolute atomic E-state index is 0. The van der Waals surface area contributed by atoms with Gasteiger partial charge in [-0.05, 0) is 49.9 Å². The van der Waals surface area contributed by atoms with Gasteiger partial charge in [-0.2, -0.15) is 0 Å². The van der Waals surface area contributed by atoms with E-state index in [0.29, 0.717) is 12.1 Å². The van der Waals surface area contributed by atoms with E-state index in [2.05, 4.69) is 148 Å². The molecule has 2 aromatic rings. The minimum Gasteiger partial charge on any atom is -1.00 e. The van der Waals surface area contributed by atoms with Gasteiger partial charge < -0.3 is 34.6 Å². The van der Waals surface area contributed by atoms with E-state index in [0.717, 1.165) is 12.8 Å². The van der Waals surface area contributed by atoms with Gasteiger partial charge in [0.05, 0.1) is 0 Å². The summed E-state index contributed by atoms with van der Waals surface area (Å²) in [6, 6.07) is 22.6. The van der Waals surface area contributed by atoms with Crippen LogP contribution in [0.25, 0.3) is 0 Å². The fourth-order valence-electron chi connectivity index (χ4n) is 6.67. The van der Waals surface area contributed by atoms with Crippen LogP contribution in [-0.4, -0.2) is 15.3 Å². The second kappa shape index (κ2) is 23.4. The van der Waals surface area contributed by atoms with Crippen LogP contribution in [0.5, 0.6) is 0 Å². The van der Waals surface area contributed by atoms with Gasteiger partial charge in [-0.3, -0.25) is 0 Å². The van der Waals surface area contributed by atoms with Gasteiger partial charge in [0, 0.05) is 23.5 Å². The van der Waals surface area contributed by atoms with E-state index in [4.69, 9.17) is 0 Å². The summed E-state index contributed by atoms with van der Waals surface area (Å²) in [5.41, 5.74) is 10.7. The van der Waals surface area contributed by atoms with Crippen molar-refractivity contribution in [2.24, 2.45) is 0 Å². The Kier molecular flexibility index (Phi) is 20.6. The summed E-state index contributed by atoms with van der Waals surface area (Å²) in [5, 5.41) is 0. The number of hydrogen-bond donors (Lipinski definition) is 0. The van der Waals surface area contributed by atoms with E-state index < -0.39 is 0 Å². The van der Waals surface area contributed by atoms with Crippen molar-refractivity contribution in [3.8, 4) is 0 Å². The number of halogens is 2. The summed E-state index contributed by atoms with van der Waals surface area (Å²) >= 11 is 1.55. The summed E-state index contributed by atoms with van der Waals surface area (Å²) < 4.78 is 1.51. The van der Waals surface area contributed by atoms with Crippen molar-refractivity contribution in [1.29, 1.82) is 0 Å². The number of unbranched alkanes of at least 4 members (excludes halogenated alkanes) is 4. The topological polar surface area (TPSA) is 6.48 Å². The molecule has 2 aliphatic heterocycles. The third kappa shape index (κ3) is 12.5. The normalized spacial score (nSPS) is 18.0. The molecule has 2 aromatic carbocycles. The van der Waals surface area contributed by atoms with Crippen LogP contribution in [0.2, 0.25) is 0 Å². The van der Waals surface area contributed by atoms with Crippen LogP contribution in [0.4, 0.5) is 11.4 Å². The maximum absolute atomic E-state index is 3.64. The first-order chi connectivity index (χ1) is 23.4. The molecule has 2 nitrogen and oxygen atoms in total. The Morgan fingerprint density at radius 2 is 0.920 bits per heavy atom. The number of nitrogens with zero attached hydrogens (tertiary/aromatic N) is 2.